The summed E-state index contributed by atoms with van der Waals surface area (Å²) in [5.41, 5.74) is 0.620. The van der Waals surface area contributed by atoms with Gasteiger partial charge in [0, 0.05) is 26.2 Å². The van der Waals surface area contributed by atoms with E-state index in [1.807, 2.05) is 12.1 Å². The van der Waals surface area contributed by atoms with Crippen LogP contribution in [0.25, 0.3) is 0 Å². The lowest BCUT2D eigenvalue weighted by Crippen LogP contribution is -2.45. The van der Waals surface area contributed by atoms with Crippen LogP contribution < -0.4 is 10.1 Å². The van der Waals surface area contributed by atoms with Crippen molar-refractivity contribution in [1.29, 1.82) is 5.26 Å². The van der Waals surface area contributed by atoms with Gasteiger partial charge in [-0.05, 0) is 25.2 Å². The summed E-state index contributed by atoms with van der Waals surface area (Å²) >= 11 is 0. The number of nitrogens with zero attached hydrogens (tertiary/aromatic N) is 2. The van der Waals surface area contributed by atoms with Crippen LogP contribution in [0.15, 0.2) is 24.3 Å². The number of likely N-dealkylation sites (N-methyl/N-ethyl adjacent to an activating group) is 1. The van der Waals surface area contributed by atoms with Crippen LogP contribution in [0.4, 0.5) is 0 Å². The van der Waals surface area contributed by atoms with E-state index in [-0.39, 0.29) is 6.10 Å². The quantitative estimate of drug-likeness (QED) is 0.780. The summed E-state index contributed by atoms with van der Waals surface area (Å²) < 4.78 is 11.3. The van der Waals surface area contributed by atoms with Crippen molar-refractivity contribution < 1.29 is 9.47 Å². The highest BCUT2D eigenvalue weighted by Gasteiger charge is 2.16. The second-order valence-electron chi connectivity index (χ2n) is 4.95. The lowest BCUT2D eigenvalue weighted by atomic mass is 10.2. The first-order chi connectivity index (χ1) is 9.78. The molecule has 1 aliphatic heterocycles. The van der Waals surface area contributed by atoms with E-state index in [1.165, 1.54) is 0 Å². The average molecular weight is 275 g/mol. The van der Waals surface area contributed by atoms with Crippen molar-refractivity contribution in [2.24, 2.45) is 0 Å². The number of nitriles is 1. The Morgan fingerprint density at radius 1 is 1.55 bits per heavy atom. The van der Waals surface area contributed by atoms with E-state index in [0.29, 0.717) is 12.2 Å². The van der Waals surface area contributed by atoms with E-state index in [2.05, 4.69) is 23.3 Å². The number of morpholine rings is 1. The molecular weight excluding hydrogens is 254 g/mol. The topological polar surface area (TPSA) is 57.5 Å². The Balaban J connectivity index is 1.60. The van der Waals surface area contributed by atoms with Crippen molar-refractivity contribution in [2.75, 3.05) is 46.4 Å². The third-order valence-corrected chi connectivity index (χ3v) is 3.22. The molecule has 0 radical (unpaired) electrons. The molecular formula is C15H21N3O2. The molecule has 5 heteroatoms. The number of hydrogen-bond acceptors (Lipinski definition) is 5. The summed E-state index contributed by atoms with van der Waals surface area (Å²) in [6.45, 7) is 4.97. The number of ether oxygens (including phenoxy) is 2. The Hall–Kier alpha value is -1.61. The molecule has 0 spiro atoms. The van der Waals surface area contributed by atoms with Gasteiger partial charge in [-0.15, -0.1) is 0 Å². The predicted molar refractivity (Wildman–Crippen MR) is 76.8 cm³/mol. The molecule has 0 unspecified atom stereocenters. The van der Waals surface area contributed by atoms with Gasteiger partial charge in [0.25, 0.3) is 0 Å². The predicted octanol–water partition coefficient (Wildman–Crippen LogP) is 0.857. The average Bonchev–Trinajstić information content (AvgIpc) is 2.47. The van der Waals surface area contributed by atoms with Crippen molar-refractivity contribution in [1.82, 2.24) is 10.2 Å². The van der Waals surface area contributed by atoms with Crippen LogP contribution in [-0.2, 0) is 4.74 Å². The summed E-state index contributed by atoms with van der Waals surface area (Å²) in [4.78, 5) is 2.28. The lowest BCUT2D eigenvalue weighted by molar-refractivity contribution is -0.0182. The molecule has 0 bridgehead atoms. The van der Waals surface area contributed by atoms with Gasteiger partial charge in [-0.2, -0.15) is 5.26 Å². The number of rotatable bonds is 6. The number of hydrogen-bond donors (Lipinski definition) is 1. The molecule has 1 aromatic rings. The van der Waals surface area contributed by atoms with Gasteiger partial charge in [0.05, 0.1) is 24.3 Å². The molecule has 108 valence electrons. The van der Waals surface area contributed by atoms with Crippen molar-refractivity contribution >= 4 is 0 Å². The zero-order valence-electron chi connectivity index (χ0n) is 11.8. The van der Waals surface area contributed by atoms with Gasteiger partial charge >= 0.3 is 0 Å². The van der Waals surface area contributed by atoms with Crippen molar-refractivity contribution in [3.63, 3.8) is 0 Å². The summed E-state index contributed by atoms with van der Waals surface area (Å²) in [5.74, 6) is 0.736. The van der Waals surface area contributed by atoms with Gasteiger partial charge < -0.3 is 19.7 Å². The van der Waals surface area contributed by atoms with E-state index < -0.39 is 0 Å². The summed E-state index contributed by atoms with van der Waals surface area (Å²) in [5, 5.41) is 12.1. The minimum absolute atomic E-state index is 0.260. The molecule has 0 aliphatic carbocycles. The maximum absolute atomic E-state index is 8.80. The molecule has 20 heavy (non-hydrogen) atoms. The second-order valence-corrected chi connectivity index (χ2v) is 4.95. The molecule has 1 aliphatic rings. The molecule has 2 rings (SSSR count). The number of benzene rings is 1. The molecule has 1 aromatic carbocycles. The van der Waals surface area contributed by atoms with Crippen LogP contribution in [0.3, 0.4) is 0 Å². The van der Waals surface area contributed by atoms with E-state index >= 15 is 0 Å². The van der Waals surface area contributed by atoms with Gasteiger partial charge in [0.1, 0.15) is 12.4 Å². The third kappa shape index (κ3) is 4.82. The second kappa shape index (κ2) is 7.85. The first-order valence-electron chi connectivity index (χ1n) is 6.92. The van der Waals surface area contributed by atoms with Crippen molar-refractivity contribution in [3.05, 3.63) is 29.8 Å². The fourth-order valence-corrected chi connectivity index (χ4v) is 2.15. The highest BCUT2D eigenvalue weighted by atomic mass is 16.5. The van der Waals surface area contributed by atoms with Crippen LogP contribution in [-0.4, -0.2) is 57.4 Å². The fourth-order valence-electron chi connectivity index (χ4n) is 2.15. The molecule has 0 amide bonds. The standard InChI is InChI=1S/C15H21N3O2/c1-18-6-8-20-15(12-18)11-17-5-7-19-14-4-2-3-13(9-14)10-16/h2-4,9,15,17H,5-8,11-12H2,1H3/t15-/m1/s1. The van der Waals surface area contributed by atoms with Crippen molar-refractivity contribution in [3.8, 4) is 11.8 Å². The van der Waals surface area contributed by atoms with Crippen LogP contribution in [0.2, 0.25) is 0 Å². The normalized spacial score (nSPS) is 19.5. The minimum atomic E-state index is 0.260. The Kier molecular flexibility index (Phi) is 5.81. The van der Waals surface area contributed by atoms with Gasteiger partial charge in [0.15, 0.2) is 0 Å². The van der Waals surface area contributed by atoms with Gasteiger partial charge in [-0.25, -0.2) is 0 Å². The Labute approximate surface area is 120 Å². The first kappa shape index (κ1) is 14.8. The van der Waals surface area contributed by atoms with Gasteiger partial charge in [0.2, 0.25) is 0 Å². The monoisotopic (exact) mass is 275 g/mol. The highest BCUT2D eigenvalue weighted by Crippen LogP contribution is 2.12. The van der Waals surface area contributed by atoms with Crippen LogP contribution in [0.5, 0.6) is 5.75 Å². The van der Waals surface area contributed by atoms with E-state index in [4.69, 9.17) is 14.7 Å². The van der Waals surface area contributed by atoms with E-state index in [9.17, 15) is 0 Å². The Morgan fingerprint density at radius 2 is 2.45 bits per heavy atom. The number of nitrogens with one attached hydrogen (secondary N) is 1. The summed E-state index contributed by atoms with van der Waals surface area (Å²) in [7, 11) is 2.11. The lowest BCUT2D eigenvalue weighted by Gasteiger charge is -2.30. The SMILES string of the molecule is CN1CCO[C@H](CNCCOc2cccc(C#N)c2)C1. The Bertz CT molecular complexity index is 459. The van der Waals surface area contributed by atoms with Crippen molar-refractivity contribution in [2.45, 2.75) is 6.10 Å². The van der Waals surface area contributed by atoms with Gasteiger partial charge in [-0.1, -0.05) is 6.07 Å². The largest absolute Gasteiger partial charge is 0.492 e. The fraction of sp³-hybridized carbons (Fsp3) is 0.533. The van der Waals surface area contributed by atoms with Crippen LogP contribution in [0, 0.1) is 11.3 Å². The molecule has 5 nitrogen and oxygen atoms in total. The molecule has 1 saturated heterocycles. The molecule has 1 atom stereocenters. The van der Waals surface area contributed by atoms with Crippen LogP contribution >= 0.6 is 0 Å². The molecule has 1 N–H and O–H groups in total. The zero-order chi connectivity index (χ0) is 14.2. The van der Waals surface area contributed by atoms with E-state index in [1.54, 1.807) is 12.1 Å². The molecule has 1 fully saturated rings. The first-order valence-corrected chi connectivity index (χ1v) is 6.92. The van der Waals surface area contributed by atoms with Gasteiger partial charge in [-0.3, -0.25) is 0 Å². The third-order valence-electron chi connectivity index (χ3n) is 3.22. The molecule has 0 saturated carbocycles. The maximum Gasteiger partial charge on any atom is 0.120 e. The summed E-state index contributed by atoms with van der Waals surface area (Å²) in [6, 6.07) is 9.30. The Morgan fingerprint density at radius 3 is 3.25 bits per heavy atom. The summed E-state index contributed by atoms with van der Waals surface area (Å²) in [6.07, 6.45) is 0.260. The maximum atomic E-state index is 8.80. The highest BCUT2D eigenvalue weighted by molar-refractivity contribution is 5.36. The van der Waals surface area contributed by atoms with Crippen LogP contribution in [0.1, 0.15) is 5.56 Å². The molecule has 0 aromatic heterocycles. The molecule has 1 heterocycles. The smallest absolute Gasteiger partial charge is 0.120 e. The zero-order valence-corrected chi connectivity index (χ0v) is 11.8. The van der Waals surface area contributed by atoms with E-state index in [0.717, 1.165) is 38.5 Å². The minimum Gasteiger partial charge on any atom is -0.492 e.